The van der Waals surface area contributed by atoms with Crippen LogP contribution in [-0.2, 0) is 9.59 Å². The van der Waals surface area contributed by atoms with E-state index >= 15 is 0 Å². The summed E-state index contributed by atoms with van der Waals surface area (Å²) in [5, 5.41) is 0. The van der Waals surface area contributed by atoms with Gasteiger partial charge >= 0.3 is 11.8 Å². The zero-order chi connectivity index (χ0) is 10.2. The van der Waals surface area contributed by atoms with E-state index in [1.807, 2.05) is 6.92 Å². The number of nitrogens with zero attached hydrogens (tertiary/aromatic N) is 1. The van der Waals surface area contributed by atoms with Gasteiger partial charge in [0.05, 0.1) is 24.7 Å². The van der Waals surface area contributed by atoms with Crippen molar-refractivity contribution in [3.8, 4) is 0 Å². The predicted octanol–water partition coefficient (Wildman–Crippen LogP) is 1.25. The van der Waals surface area contributed by atoms with Crippen molar-refractivity contribution in [2.75, 3.05) is 13.6 Å². The molecular weight excluding hydrogens is 166 g/mol. The van der Waals surface area contributed by atoms with Crippen LogP contribution in [0.25, 0.3) is 0 Å². The molecule has 1 rings (SSSR count). The molecule has 0 atom stereocenters. The number of imide groups is 1. The van der Waals surface area contributed by atoms with E-state index in [1.165, 1.54) is 0 Å². The van der Waals surface area contributed by atoms with E-state index < -0.39 is 0 Å². The van der Waals surface area contributed by atoms with Gasteiger partial charge in [-0.3, -0.25) is 0 Å². The van der Waals surface area contributed by atoms with Crippen molar-refractivity contribution in [1.29, 1.82) is 0 Å². The van der Waals surface area contributed by atoms with Crippen LogP contribution in [0.4, 0.5) is 0 Å². The van der Waals surface area contributed by atoms with Crippen molar-refractivity contribution in [2.45, 2.75) is 27.2 Å². The maximum absolute atomic E-state index is 11.7. The van der Waals surface area contributed by atoms with Gasteiger partial charge < -0.3 is 0 Å². The Bertz CT molecular complexity index is 278. The Morgan fingerprint density at radius 3 is 1.77 bits per heavy atom. The summed E-state index contributed by atoms with van der Waals surface area (Å²) in [6, 6.07) is 0. The van der Waals surface area contributed by atoms with Gasteiger partial charge in [0.25, 0.3) is 0 Å². The van der Waals surface area contributed by atoms with Gasteiger partial charge in [0.15, 0.2) is 0 Å². The lowest BCUT2D eigenvalue weighted by Gasteiger charge is -2.23. The van der Waals surface area contributed by atoms with E-state index in [-0.39, 0.29) is 16.3 Å². The fourth-order valence-electron chi connectivity index (χ4n) is 1.80. The van der Waals surface area contributed by atoms with Gasteiger partial charge in [-0.1, -0.05) is 6.92 Å². The number of carbonyl (C=O) groups is 2. The number of hydrogen-bond acceptors (Lipinski definition) is 2. The lowest BCUT2D eigenvalue weighted by molar-refractivity contribution is -0.750. The molecule has 13 heavy (non-hydrogen) atoms. The number of hydrogen-bond donors (Lipinski definition) is 0. The third-order valence-electron chi connectivity index (χ3n) is 2.77. The molecule has 0 saturated heterocycles. The Hall–Kier alpha value is -0.960. The minimum absolute atomic E-state index is 0.0376. The molecule has 0 aliphatic carbocycles. The third-order valence-corrected chi connectivity index (χ3v) is 2.77. The summed E-state index contributed by atoms with van der Waals surface area (Å²) < 4.78 is -0.0613. The second kappa shape index (κ2) is 3.07. The Morgan fingerprint density at radius 2 is 1.46 bits per heavy atom. The van der Waals surface area contributed by atoms with Crippen molar-refractivity contribution in [3.05, 3.63) is 11.1 Å². The highest BCUT2D eigenvalue weighted by Crippen LogP contribution is 2.26. The highest BCUT2D eigenvalue weighted by Gasteiger charge is 2.48. The van der Waals surface area contributed by atoms with E-state index in [2.05, 4.69) is 0 Å². The fraction of sp³-hybridized carbons (Fsp3) is 0.600. The van der Waals surface area contributed by atoms with Crippen molar-refractivity contribution >= 4 is 11.8 Å². The molecule has 0 saturated carbocycles. The zero-order valence-corrected chi connectivity index (χ0v) is 8.68. The summed E-state index contributed by atoms with van der Waals surface area (Å²) in [6.07, 6.45) is 0.842. The van der Waals surface area contributed by atoms with Crippen molar-refractivity contribution in [1.82, 2.24) is 0 Å². The molecule has 0 aromatic heterocycles. The molecule has 0 radical (unpaired) electrons. The van der Waals surface area contributed by atoms with Gasteiger partial charge in [0.1, 0.15) is 0 Å². The first-order chi connectivity index (χ1) is 5.95. The monoisotopic (exact) mass is 182 g/mol. The molecule has 3 nitrogen and oxygen atoms in total. The van der Waals surface area contributed by atoms with Gasteiger partial charge in [-0.2, -0.15) is 4.48 Å². The smallest absolute Gasteiger partial charge is 0.225 e. The number of likely N-dealkylation sites (N-methyl/N-ethyl adjacent to an activating group) is 1. The van der Waals surface area contributed by atoms with Gasteiger partial charge in [-0.25, -0.2) is 9.59 Å². The van der Waals surface area contributed by atoms with Crippen LogP contribution in [0.2, 0.25) is 0 Å². The standard InChI is InChI=1S/C10H16NO2/c1-5-6-11(4)9(12)7(2)8(3)10(11)13/h5-6H2,1-4H3/q+1. The van der Waals surface area contributed by atoms with E-state index in [0.717, 1.165) is 6.42 Å². The van der Waals surface area contributed by atoms with Crippen LogP contribution in [0.1, 0.15) is 27.2 Å². The predicted molar refractivity (Wildman–Crippen MR) is 49.7 cm³/mol. The van der Waals surface area contributed by atoms with Crippen LogP contribution >= 0.6 is 0 Å². The molecule has 1 heterocycles. The normalized spacial score (nSPS) is 21.5. The molecule has 0 aromatic carbocycles. The van der Waals surface area contributed by atoms with E-state index in [9.17, 15) is 9.59 Å². The Morgan fingerprint density at radius 1 is 1.08 bits per heavy atom. The largest absolute Gasteiger partial charge is 0.349 e. The van der Waals surface area contributed by atoms with Crippen LogP contribution in [-0.4, -0.2) is 29.9 Å². The molecule has 1 aliphatic heterocycles. The first-order valence-electron chi connectivity index (χ1n) is 4.58. The van der Waals surface area contributed by atoms with E-state index in [1.54, 1.807) is 20.9 Å². The van der Waals surface area contributed by atoms with Crippen molar-refractivity contribution in [3.63, 3.8) is 0 Å². The second-order valence-corrected chi connectivity index (χ2v) is 3.78. The van der Waals surface area contributed by atoms with Gasteiger partial charge in [0.2, 0.25) is 0 Å². The highest BCUT2D eigenvalue weighted by atomic mass is 16.2. The number of amides is 2. The van der Waals surface area contributed by atoms with Crippen molar-refractivity contribution in [2.24, 2.45) is 0 Å². The van der Waals surface area contributed by atoms with Crippen LogP contribution in [0.3, 0.4) is 0 Å². The van der Waals surface area contributed by atoms with Gasteiger partial charge in [-0.15, -0.1) is 0 Å². The van der Waals surface area contributed by atoms with Gasteiger partial charge in [0, 0.05) is 0 Å². The summed E-state index contributed by atoms with van der Waals surface area (Å²) >= 11 is 0. The summed E-state index contributed by atoms with van der Waals surface area (Å²) in [4.78, 5) is 23.5. The maximum atomic E-state index is 11.7. The Kier molecular flexibility index (Phi) is 2.39. The summed E-state index contributed by atoms with van der Waals surface area (Å²) in [6.45, 7) is 6.04. The molecule has 0 bridgehead atoms. The first-order valence-corrected chi connectivity index (χ1v) is 4.58. The summed E-state index contributed by atoms with van der Waals surface area (Å²) in [5.74, 6) is -0.0753. The van der Waals surface area contributed by atoms with Crippen LogP contribution in [0.5, 0.6) is 0 Å². The fourth-order valence-corrected chi connectivity index (χ4v) is 1.80. The quantitative estimate of drug-likeness (QED) is 0.475. The maximum Gasteiger partial charge on any atom is 0.349 e. The van der Waals surface area contributed by atoms with E-state index in [0.29, 0.717) is 17.7 Å². The lowest BCUT2D eigenvalue weighted by Crippen LogP contribution is -2.50. The van der Waals surface area contributed by atoms with Crippen LogP contribution in [0.15, 0.2) is 11.1 Å². The molecule has 0 N–H and O–H groups in total. The molecule has 0 unspecified atom stereocenters. The topological polar surface area (TPSA) is 34.1 Å². The van der Waals surface area contributed by atoms with Crippen molar-refractivity contribution < 1.29 is 14.1 Å². The molecule has 72 valence electrons. The molecule has 0 fully saturated rings. The van der Waals surface area contributed by atoms with Gasteiger partial charge in [-0.05, 0) is 20.3 Å². The van der Waals surface area contributed by atoms with Crippen LogP contribution < -0.4 is 0 Å². The molecule has 3 heteroatoms. The lowest BCUT2D eigenvalue weighted by atomic mass is 10.2. The number of rotatable bonds is 2. The summed E-state index contributed by atoms with van der Waals surface area (Å²) in [5.41, 5.74) is 1.25. The summed E-state index contributed by atoms with van der Waals surface area (Å²) in [7, 11) is 1.70. The number of quaternary nitrogens is 1. The minimum atomic E-state index is -0.0613. The molecule has 0 spiro atoms. The first kappa shape index (κ1) is 10.1. The average Bonchev–Trinajstić information content (AvgIpc) is 2.23. The Labute approximate surface area is 78.6 Å². The van der Waals surface area contributed by atoms with E-state index in [4.69, 9.17) is 0 Å². The highest BCUT2D eigenvalue weighted by molar-refractivity contribution is 6.10. The molecular formula is C10H16NO2+. The SMILES string of the molecule is CCC[N+]1(C)C(=O)C(C)=C(C)C1=O. The Balaban J connectivity index is 3.09. The third kappa shape index (κ3) is 1.23. The zero-order valence-electron chi connectivity index (χ0n) is 8.68. The molecule has 0 aromatic rings. The average molecular weight is 182 g/mol. The molecule has 1 aliphatic rings. The molecule has 2 amide bonds. The van der Waals surface area contributed by atoms with Crippen LogP contribution in [0, 0.1) is 0 Å². The number of carbonyl (C=O) groups excluding carboxylic acids is 2. The minimum Gasteiger partial charge on any atom is -0.225 e. The second-order valence-electron chi connectivity index (χ2n) is 3.78.